The van der Waals surface area contributed by atoms with Gasteiger partial charge in [0, 0.05) is 36.2 Å². The number of piperidine rings is 1. The number of rotatable bonds is 6. The molecular weight excluding hydrogens is 430 g/mol. The van der Waals surface area contributed by atoms with Gasteiger partial charge in [-0.2, -0.15) is 0 Å². The van der Waals surface area contributed by atoms with Crippen molar-refractivity contribution in [1.29, 1.82) is 0 Å². The Hall–Kier alpha value is -3.39. The molecule has 1 amide bonds. The molecule has 0 radical (unpaired) electrons. The van der Waals surface area contributed by atoms with Gasteiger partial charge in [-0.25, -0.2) is 9.97 Å². The number of likely N-dealkylation sites (tertiary alicyclic amines) is 1. The summed E-state index contributed by atoms with van der Waals surface area (Å²) >= 11 is 0. The Bertz CT molecular complexity index is 1260. The summed E-state index contributed by atoms with van der Waals surface area (Å²) in [6.45, 7) is 5.73. The first-order chi connectivity index (χ1) is 16.6. The van der Waals surface area contributed by atoms with Gasteiger partial charge in [-0.1, -0.05) is 18.7 Å². The van der Waals surface area contributed by atoms with Crippen LogP contribution in [0.5, 0.6) is 11.5 Å². The minimum atomic E-state index is 0.0201. The number of carbonyl (C=O) groups excluding carboxylic acids is 1. The average molecular weight is 460 g/mol. The van der Waals surface area contributed by atoms with E-state index in [0.717, 1.165) is 48.7 Å². The molecule has 1 N–H and O–H groups in total. The normalized spacial score (nSPS) is 20.3. The SMILES string of the molecule is C=CC(=O)N1CCC(N[C@H]2COc3cc(-c4nc5ncc(OC)cn5c4C4CC4)ccc32)CC1. The molecule has 0 bridgehead atoms. The van der Waals surface area contributed by atoms with E-state index in [2.05, 4.69) is 39.5 Å². The molecular formula is C26H29N5O3. The highest BCUT2D eigenvalue weighted by Crippen LogP contribution is 2.46. The third-order valence-electron chi connectivity index (χ3n) is 7.18. The van der Waals surface area contributed by atoms with Gasteiger partial charge in [0.2, 0.25) is 11.7 Å². The molecule has 2 aromatic heterocycles. The van der Waals surface area contributed by atoms with Gasteiger partial charge in [-0.3, -0.25) is 9.20 Å². The van der Waals surface area contributed by atoms with E-state index in [-0.39, 0.29) is 11.9 Å². The van der Waals surface area contributed by atoms with Gasteiger partial charge in [0.1, 0.15) is 12.4 Å². The topological polar surface area (TPSA) is 81.0 Å². The first-order valence-corrected chi connectivity index (χ1v) is 12.0. The minimum absolute atomic E-state index is 0.0201. The van der Waals surface area contributed by atoms with E-state index in [9.17, 15) is 4.79 Å². The van der Waals surface area contributed by atoms with Crippen molar-refractivity contribution in [2.24, 2.45) is 0 Å². The van der Waals surface area contributed by atoms with E-state index in [1.807, 2.05) is 11.1 Å². The summed E-state index contributed by atoms with van der Waals surface area (Å²) in [6.07, 6.45) is 9.30. The first-order valence-electron chi connectivity index (χ1n) is 12.0. The molecule has 2 aliphatic heterocycles. The van der Waals surface area contributed by atoms with Crippen molar-refractivity contribution < 1.29 is 14.3 Å². The van der Waals surface area contributed by atoms with Gasteiger partial charge in [0.05, 0.1) is 36.9 Å². The lowest BCUT2D eigenvalue weighted by atomic mass is 9.99. The summed E-state index contributed by atoms with van der Waals surface area (Å²) in [5.74, 6) is 2.86. The predicted octanol–water partition coefficient (Wildman–Crippen LogP) is 3.48. The fraction of sp³-hybridized carbons (Fsp3) is 0.423. The smallest absolute Gasteiger partial charge is 0.245 e. The lowest BCUT2D eigenvalue weighted by Crippen LogP contribution is -2.45. The quantitative estimate of drug-likeness (QED) is 0.569. The molecule has 1 aromatic carbocycles. The van der Waals surface area contributed by atoms with Crippen LogP contribution in [0.4, 0.5) is 0 Å². The fourth-order valence-corrected chi connectivity index (χ4v) is 5.17. The van der Waals surface area contributed by atoms with Crippen LogP contribution >= 0.6 is 0 Å². The van der Waals surface area contributed by atoms with Gasteiger partial charge in [0.15, 0.2) is 5.75 Å². The summed E-state index contributed by atoms with van der Waals surface area (Å²) in [7, 11) is 1.66. The summed E-state index contributed by atoms with van der Waals surface area (Å²) in [6, 6.07) is 6.96. The summed E-state index contributed by atoms with van der Waals surface area (Å²) in [4.78, 5) is 23.1. The van der Waals surface area contributed by atoms with Crippen LogP contribution in [0, 0.1) is 0 Å². The highest BCUT2D eigenvalue weighted by atomic mass is 16.5. The summed E-state index contributed by atoms with van der Waals surface area (Å²) < 4.78 is 13.6. The molecule has 1 saturated heterocycles. The molecule has 1 saturated carbocycles. The van der Waals surface area contributed by atoms with E-state index >= 15 is 0 Å². The second-order valence-corrected chi connectivity index (χ2v) is 9.37. The van der Waals surface area contributed by atoms with Crippen LogP contribution in [0.15, 0.2) is 43.2 Å². The maximum Gasteiger partial charge on any atom is 0.245 e. The molecule has 6 rings (SSSR count). The lowest BCUT2D eigenvalue weighted by Gasteiger charge is -2.33. The number of fused-ring (bicyclic) bond motifs is 2. The maximum absolute atomic E-state index is 11.8. The van der Waals surface area contributed by atoms with Crippen LogP contribution in [0.2, 0.25) is 0 Å². The Morgan fingerprint density at radius 2 is 2.09 bits per heavy atom. The summed E-state index contributed by atoms with van der Waals surface area (Å²) in [5, 5.41) is 3.75. The van der Waals surface area contributed by atoms with Crippen molar-refractivity contribution in [3.05, 3.63) is 54.5 Å². The zero-order valence-corrected chi connectivity index (χ0v) is 19.4. The number of nitrogens with one attached hydrogen (secondary N) is 1. The highest BCUT2D eigenvalue weighted by molar-refractivity contribution is 5.87. The summed E-state index contributed by atoms with van der Waals surface area (Å²) in [5.41, 5.74) is 4.42. The van der Waals surface area contributed by atoms with Gasteiger partial charge in [-0.05, 0) is 37.8 Å². The van der Waals surface area contributed by atoms with E-state index in [0.29, 0.717) is 24.3 Å². The Kier molecular flexibility index (Phi) is 5.25. The third kappa shape index (κ3) is 3.72. The van der Waals surface area contributed by atoms with Crippen molar-refractivity contribution in [2.45, 2.75) is 43.7 Å². The van der Waals surface area contributed by atoms with Crippen LogP contribution in [0.25, 0.3) is 17.0 Å². The zero-order chi connectivity index (χ0) is 23.2. The molecule has 1 aliphatic carbocycles. The number of methoxy groups -OCH3 is 1. The van der Waals surface area contributed by atoms with Gasteiger partial charge in [-0.15, -0.1) is 0 Å². The Morgan fingerprint density at radius 3 is 2.82 bits per heavy atom. The van der Waals surface area contributed by atoms with Crippen LogP contribution in [0.1, 0.15) is 48.9 Å². The average Bonchev–Trinajstić information content (AvgIpc) is 3.53. The van der Waals surface area contributed by atoms with Crippen molar-refractivity contribution in [3.8, 4) is 22.8 Å². The molecule has 1 atom stereocenters. The van der Waals surface area contributed by atoms with Crippen molar-refractivity contribution in [3.63, 3.8) is 0 Å². The largest absolute Gasteiger partial charge is 0.494 e. The third-order valence-corrected chi connectivity index (χ3v) is 7.18. The Labute approximate surface area is 198 Å². The molecule has 34 heavy (non-hydrogen) atoms. The standard InChI is InChI=1S/C26H29N5O3/c1-3-23(32)30-10-8-18(9-11-30)28-21-15-34-22-12-17(6-7-20(21)22)24-25(16-4-5-16)31-14-19(33-2)13-27-26(31)29-24/h3,6-7,12-14,16,18,21,28H,1,4-5,8-11,15H2,2H3/t21-/m0/s1. The fourth-order valence-electron chi connectivity index (χ4n) is 5.17. The van der Waals surface area contributed by atoms with Crippen LogP contribution < -0.4 is 14.8 Å². The number of ether oxygens (including phenoxy) is 2. The van der Waals surface area contributed by atoms with E-state index in [1.165, 1.54) is 30.2 Å². The maximum atomic E-state index is 11.8. The molecule has 3 aliphatic rings. The number of hydrogen-bond acceptors (Lipinski definition) is 6. The molecule has 8 nitrogen and oxygen atoms in total. The number of imidazole rings is 1. The van der Waals surface area contributed by atoms with Gasteiger partial charge >= 0.3 is 0 Å². The predicted molar refractivity (Wildman–Crippen MR) is 128 cm³/mol. The van der Waals surface area contributed by atoms with Crippen LogP contribution in [-0.4, -0.2) is 58.0 Å². The first kappa shape index (κ1) is 21.2. The van der Waals surface area contributed by atoms with Crippen molar-refractivity contribution in [2.75, 3.05) is 26.8 Å². The van der Waals surface area contributed by atoms with E-state index in [1.54, 1.807) is 13.3 Å². The number of hydrogen-bond donors (Lipinski definition) is 1. The number of aromatic nitrogens is 3. The molecule has 3 aromatic rings. The number of nitrogens with zero attached hydrogens (tertiary/aromatic N) is 4. The van der Waals surface area contributed by atoms with Crippen molar-refractivity contribution >= 4 is 11.7 Å². The Morgan fingerprint density at radius 1 is 1.26 bits per heavy atom. The van der Waals surface area contributed by atoms with Crippen LogP contribution in [-0.2, 0) is 4.79 Å². The van der Waals surface area contributed by atoms with Crippen molar-refractivity contribution in [1.82, 2.24) is 24.6 Å². The van der Waals surface area contributed by atoms with E-state index < -0.39 is 0 Å². The molecule has 2 fully saturated rings. The number of amides is 1. The lowest BCUT2D eigenvalue weighted by molar-refractivity contribution is -0.127. The molecule has 176 valence electrons. The second kappa shape index (κ2) is 8.43. The monoisotopic (exact) mass is 459 g/mol. The van der Waals surface area contributed by atoms with Gasteiger partial charge < -0.3 is 19.7 Å². The van der Waals surface area contributed by atoms with E-state index in [4.69, 9.17) is 14.5 Å². The Balaban J connectivity index is 1.23. The number of carbonyl (C=O) groups is 1. The second-order valence-electron chi connectivity index (χ2n) is 9.37. The minimum Gasteiger partial charge on any atom is -0.494 e. The molecule has 4 heterocycles. The zero-order valence-electron chi connectivity index (χ0n) is 19.4. The molecule has 0 spiro atoms. The number of benzene rings is 1. The molecule has 0 unspecified atom stereocenters. The van der Waals surface area contributed by atoms with Crippen LogP contribution in [0.3, 0.4) is 0 Å². The highest BCUT2D eigenvalue weighted by Gasteiger charge is 2.33. The molecule has 8 heteroatoms. The van der Waals surface area contributed by atoms with Gasteiger partial charge in [0.25, 0.3) is 0 Å².